The van der Waals surface area contributed by atoms with Gasteiger partial charge in [-0.15, -0.1) is 6.58 Å². The van der Waals surface area contributed by atoms with Crippen molar-refractivity contribution in [2.24, 2.45) is 5.92 Å². The van der Waals surface area contributed by atoms with Crippen LogP contribution in [0.1, 0.15) is 25.7 Å². The van der Waals surface area contributed by atoms with Gasteiger partial charge in [-0.05, 0) is 19.3 Å². The Morgan fingerprint density at radius 3 is 3.05 bits per heavy atom. The summed E-state index contributed by atoms with van der Waals surface area (Å²) in [5.74, 6) is -0.119. The minimum atomic E-state index is -0.743. The molecule has 2 heterocycles. The minimum absolute atomic E-state index is 0.0737. The number of nitrogens with one attached hydrogen (secondary N) is 2. The summed E-state index contributed by atoms with van der Waals surface area (Å²) in [5.41, 5.74) is 0. The van der Waals surface area contributed by atoms with Crippen LogP contribution in [0.5, 0.6) is 0 Å². The number of carboxylic acids is 1. The van der Waals surface area contributed by atoms with Crippen LogP contribution >= 0.6 is 11.8 Å². The van der Waals surface area contributed by atoms with Crippen molar-refractivity contribution in [3.05, 3.63) is 12.7 Å². The second-order valence-corrected chi connectivity index (χ2v) is 6.38. The number of urea groups is 1. The van der Waals surface area contributed by atoms with E-state index in [4.69, 9.17) is 5.11 Å². The summed E-state index contributed by atoms with van der Waals surface area (Å²) in [6, 6.07) is 0.376. The maximum absolute atomic E-state index is 11.2. The first-order chi connectivity index (χ1) is 9.11. The van der Waals surface area contributed by atoms with E-state index in [0.29, 0.717) is 18.1 Å². The van der Waals surface area contributed by atoms with Gasteiger partial charge in [0.15, 0.2) is 0 Å². The van der Waals surface area contributed by atoms with Crippen LogP contribution in [0.2, 0.25) is 0 Å². The van der Waals surface area contributed by atoms with Gasteiger partial charge in [0, 0.05) is 11.0 Å². The van der Waals surface area contributed by atoms with Crippen LogP contribution in [0, 0.1) is 5.92 Å². The molecular weight excluding hydrogens is 264 g/mol. The number of carboxylic acid groups (broad SMARTS) is 1. The average Bonchev–Trinajstić information content (AvgIpc) is 2.88. The first-order valence-corrected chi connectivity index (χ1v) is 7.69. The van der Waals surface area contributed by atoms with Gasteiger partial charge in [0.2, 0.25) is 0 Å². The number of fused-ring (bicyclic) bond motifs is 1. The van der Waals surface area contributed by atoms with E-state index in [1.54, 1.807) is 6.08 Å². The third kappa shape index (κ3) is 3.43. The smallest absolute Gasteiger partial charge is 0.315 e. The second kappa shape index (κ2) is 6.32. The zero-order valence-corrected chi connectivity index (χ0v) is 11.6. The normalized spacial score (nSPS) is 30.3. The third-order valence-electron chi connectivity index (χ3n) is 3.78. The zero-order valence-electron chi connectivity index (χ0n) is 10.8. The standard InChI is InChI=1S/C13H20N2O3S/c1-2-4-8(12(16)17)5-3-6-10-11-9(7-19-10)14-13(18)15-11/h2,8-11H,1,3-7H2,(H,16,17)(H2,14,15,18)/t8?,9-,10-,11-/m0/s1. The summed E-state index contributed by atoms with van der Waals surface area (Å²) in [7, 11) is 0. The van der Waals surface area contributed by atoms with Gasteiger partial charge in [-0.3, -0.25) is 4.79 Å². The number of hydrogen-bond acceptors (Lipinski definition) is 3. The number of rotatable bonds is 7. The summed E-state index contributed by atoms with van der Waals surface area (Å²) < 4.78 is 0. The maximum atomic E-state index is 11.2. The molecule has 5 nitrogen and oxygen atoms in total. The Hall–Kier alpha value is -1.17. The maximum Gasteiger partial charge on any atom is 0.315 e. The van der Waals surface area contributed by atoms with E-state index in [1.165, 1.54) is 0 Å². The summed E-state index contributed by atoms with van der Waals surface area (Å²) >= 11 is 1.87. The molecule has 0 spiro atoms. The van der Waals surface area contributed by atoms with Crippen molar-refractivity contribution in [2.45, 2.75) is 43.0 Å². The highest BCUT2D eigenvalue weighted by Gasteiger charge is 2.42. The van der Waals surface area contributed by atoms with E-state index in [-0.39, 0.29) is 24.0 Å². The topological polar surface area (TPSA) is 78.4 Å². The Kier molecular flexibility index (Phi) is 4.74. The van der Waals surface area contributed by atoms with E-state index in [0.717, 1.165) is 18.6 Å². The third-order valence-corrected chi connectivity index (χ3v) is 5.29. The minimum Gasteiger partial charge on any atom is -0.481 e. The van der Waals surface area contributed by atoms with E-state index in [9.17, 15) is 9.59 Å². The molecular formula is C13H20N2O3S. The fourth-order valence-corrected chi connectivity index (χ4v) is 4.30. The molecule has 3 N–H and O–H groups in total. The fraction of sp³-hybridized carbons (Fsp3) is 0.692. The Bertz CT molecular complexity index is 375. The van der Waals surface area contributed by atoms with Crippen molar-refractivity contribution in [3.63, 3.8) is 0 Å². The number of carbonyl (C=O) groups excluding carboxylic acids is 1. The molecule has 4 atom stereocenters. The van der Waals surface area contributed by atoms with E-state index in [2.05, 4.69) is 17.2 Å². The van der Waals surface area contributed by atoms with Gasteiger partial charge in [-0.1, -0.05) is 12.5 Å². The Balaban J connectivity index is 1.75. The predicted molar refractivity (Wildman–Crippen MR) is 75.3 cm³/mol. The molecule has 106 valence electrons. The lowest BCUT2D eigenvalue weighted by atomic mass is 9.96. The van der Waals surface area contributed by atoms with E-state index >= 15 is 0 Å². The number of hydrogen-bond donors (Lipinski definition) is 3. The molecule has 2 aliphatic rings. The SMILES string of the molecule is C=CCC(CCC[C@@H]1SC[C@@H]2NC(=O)N[C@@H]21)C(=O)O. The lowest BCUT2D eigenvalue weighted by molar-refractivity contribution is -0.141. The molecule has 0 aromatic rings. The second-order valence-electron chi connectivity index (χ2n) is 5.11. The first kappa shape index (κ1) is 14.2. The van der Waals surface area contributed by atoms with E-state index < -0.39 is 5.97 Å². The van der Waals surface area contributed by atoms with Crippen LogP contribution in [0.3, 0.4) is 0 Å². The number of amides is 2. The predicted octanol–water partition coefficient (Wildman–Crippen LogP) is 1.60. The molecule has 0 aliphatic carbocycles. The average molecular weight is 284 g/mol. The molecule has 2 fully saturated rings. The van der Waals surface area contributed by atoms with Crippen LogP contribution in [0.15, 0.2) is 12.7 Å². The highest BCUT2D eigenvalue weighted by Crippen LogP contribution is 2.33. The number of carbonyl (C=O) groups is 2. The lowest BCUT2D eigenvalue weighted by Gasteiger charge is -2.17. The molecule has 0 radical (unpaired) electrons. The van der Waals surface area contributed by atoms with Gasteiger partial charge in [0.05, 0.1) is 18.0 Å². The molecule has 0 aromatic heterocycles. The van der Waals surface area contributed by atoms with Crippen molar-refractivity contribution in [1.82, 2.24) is 10.6 Å². The van der Waals surface area contributed by atoms with Crippen LogP contribution in [0.4, 0.5) is 4.79 Å². The summed E-state index contributed by atoms with van der Waals surface area (Å²) in [4.78, 5) is 22.3. The molecule has 2 saturated heterocycles. The van der Waals surface area contributed by atoms with Crippen LogP contribution in [-0.4, -0.2) is 40.2 Å². The van der Waals surface area contributed by atoms with Gasteiger partial charge in [-0.25, -0.2) is 4.79 Å². The monoisotopic (exact) mass is 284 g/mol. The molecule has 2 aliphatic heterocycles. The van der Waals surface area contributed by atoms with Gasteiger partial charge in [-0.2, -0.15) is 11.8 Å². The number of thioether (sulfide) groups is 1. The Morgan fingerprint density at radius 2 is 2.37 bits per heavy atom. The van der Waals surface area contributed by atoms with Crippen LogP contribution in [-0.2, 0) is 4.79 Å². The summed E-state index contributed by atoms with van der Waals surface area (Å²) in [6.07, 6.45) is 4.70. The highest BCUT2D eigenvalue weighted by molar-refractivity contribution is 8.00. The van der Waals surface area contributed by atoms with Gasteiger partial charge >= 0.3 is 12.0 Å². The summed E-state index contributed by atoms with van der Waals surface area (Å²) in [5, 5.41) is 15.3. The molecule has 2 rings (SSSR count). The van der Waals surface area contributed by atoms with Gasteiger partial charge in [0.25, 0.3) is 0 Å². The number of aliphatic carboxylic acids is 1. The Labute approximate surface area is 117 Å². The van der Waals surface area contributed by atoms with Crippen LogP contribution in [0.25, 0.3) is 0 Å². The Morgan fingerprint density at radius 1 is 1.58 bits per heavy atom. The highest BCUT2D eigenvalue weighted by atomic mass is 32.2. The molecule has 19 heavy (non-hydrogen) atoms. The first-order valence-electron chi connectivity index (χ1n) is 6.64. The molecule has 0 bridgehead atoms. The quantitative estimate of drug-likeness (QED) is 0.490. The number of allylic oxidation sites excluding steroid dienone is 1. The fourth-order valence-electron chi connectivity index (χ4n) is 2.75. The van der Waals surface area contributed by atoms with Crippen molar-refractivity contribution >= 4 is 23.8 Å². The van der Waals surface area contributed by atoms with Crippen molar-refractivity contribution < 1.29 is 14.7 Å². The van der Waals surface area contributed by atoms with Crippen molar-refractivity contribution in [2.75, 3.05) is 5.75 Å². The van der Waals surface area contributed by atoms with Gasteiger partial charge in [0.1, 0.15) is 0 Å². The van der Waals surface area contributed by atoms with Crippen LogP contribution < -0.4 is 10.6 Å². The molecule has 2 amide bonds. The van der Waals surface area contributed by atoms with Crippen molar-refractivity contribution in [1.29, 1.82) is 0 Å². The molecule has 0 aromatic carbocycles. The van der Waals surface area contributed by atoms with Crippen molar-refractivity contribution in [3.8, 4) is 0 Å². The molecule has 6 heteroatoms. The lowest BCUT2D eigenvalue weighted by Crippen LogP contribution is -2.36. The summed E-state index contributed by atoms with van der Waals surface area (Å²) in [6.45, 7) is 3.60. The largest absolute Gasteiger partial charge is 0.481 e. The zero-order chi connectivity index (χ0) is 13.8. The van der Waals surface area contributed by atoms with E-state index in [1.807, 2.05) is 11.8 Å². The molecule has 1 unspecified atom stereocenters. The van der Waals surface area contributed by atoms with Gasteiger partial charge < -0.3 is 15.7 Å². The molecule has 0 saturated carbocycles.